The Hall–Kier alpha value is -1.32. The van der Waals surface area contributed by atoms with Gasteiger partial charge in [-0.05, 0) is 6.92 Å². The zero-order valence-electron chi connectivity index (χ0n) is 5.53. The van der Waals surface area contributed by atoms with Crippen LogP contribution in [0.4, 0.5) is 0 Å². The minimum Gasteiger partial charge on any atom is -0.499 e. The summed E-state index contributed by atoms with van der Waals surface area (Å²) in [5, 5.41) is 0. The highest BCUT2D eigenvalue weighted by Crippen LogP contribution is 2.04. The maximum atomic E-state index is 10.6. The molecule has 0 saturated carbocycles. The van der Waals surface area contributed by atoms with Gasteiger partial charge in [0, 0.05) is 0 Å². The van der Waals surface area contributed by atoms with E-state index in [0.717, 1.165) is 6.40 Å². The average Bonchev–Trinajstić information content (AvgIpc) is 2.31. The number of hydrogen-bond acceptors (Lipinski definition) is 4. The Kier molecular flexibility index (Phi) is 2.04. The SMILES string of the molecule is CCOC=C1N=COC1=O. The van der Waals surface area contributed by atoms with E-state index in [9.17, 15) is 4.79 Å². The Morgan fingerprint density at radius 1 is 1.90 bits per heavy atom. The highest BCUT2D eigenvalue weighted by atomic mass is 16.5. The average molecular weight is 141 g/mol. The maximum absolute atomic E-state index is 10.6. The van der Waals surface area contributed by atoms with E-state index in [1.807, 2.05) is 6.92 Å². The second kappa shape index (κ2) is 3.00. The molecule has 0 spiro atoms. The molecule has 1 aliphatic heterocycles. The third kappa shape index (κ3) is 1.34. The molecular weight excluding hydrogens is 134 g/mol. The molecule has 0 aromatic rings. The number of nitrogens with zero attached hydrogens (tertiary/aromatic N) is 1. The topological polar surface area (TPSA) is 47.9 Å². The van der Waals surface area contributed by atoms with Gasteiger partial charge in [-0.2, -0.15) is 0 Å². The van der Waals surface area contributed by atoms with E-state index in [2.05, 4.69) is 9.73 Å². The molecule has 0 radical (unpaired) electrons. The molecule has 0 saturated heterocycles. The Bertz CT molecular complexity index is 195. The Morgan fingerprint density at radius 2 is 2.70 bits per heavy atom. The first-order chi connectivity index (χ1) is 4.84. The van der Waals surface area contributed by atoms with Crippen LogP contribution in [0.15, 0.2) is 17.0 Å². The van der Waals surface area contributed by atoms with Crippen LogP contribution in [-0.4, -0.2) is 19.0 Å². The van der Waals surface area contributed by atoms with Gasteiger partial charge in [0.2, 0.25) is 0 Å². The maximum Gasteiger partial charge on any atom is 0.366 e. The number of esters is 1. The molecule has 4 heteroatoms. The van der Waals surface area contributed by atoms with E-state index < -0.39 is 5.97 Å². The molecular formula is C6H7NO3. The zero-order valence-corrected chi connectivity index (χ0v) is 5.53. The summed E-state index contributed by atoms with van der Waals surface area (Å²) in [4.78, 5) is 14.2. The van der Waals surface area contributed by atoms with E-state index in [4.69, 9.17) is 4.74 Å². The predicted molar refractivity (Wildman–Crippen MR) is 34.3 cm³/mol. The van der Waals surface area contributed by atoms with Crippen LogP contribution in [0.5, 0.6) is 0 Å². The van der Waals surface area contributed by atoms with E-state index >= 15 is 0 Å². The van der Waals surface area contributed by atoms with Gasteiger partial charge in [0.25, 0.3) is 0 Å². The van der Waals surface area contributed by atoms with Crippen molar-refractivity contribution >= 4 is 12.4 Å². The molecule has 1 aliphatic rings. The molecule has 0 amide bonds. The zero-order chi connectivity index (χ0) is 7.40. The monoisotopic (exact) mass is 141 g/mol. The molecule has 0 atom stereocenters. The standard InChI is InChI=1S/C6H7NO3/c1-2-9-3-5-6(8)10-4-7-5/h3-4H,2H2,1H3. The molecule has 0 aliphatic carbocycles. The van der Waals surface area contributed by atoms with Gasteiger partial charge < -0.3 is 9.47 Å². The number of ether oxygens (including phenoxy) is 2. The largest absolute Gasteiger partial charge is 0.499 e. The van der Waals surface area contributed by atoms with Crippen molar-refractivity contribution in [2.75, 3.05) is 6.61 Å². The van der Waals surface area contributed by atoms with Crippen molar-refractivity contribution in [3.63, 3.8) is 0 Å². The second-order valence-electron chi connectivity index (χ2n) is 1.60. The highest BCUT2D eigenvalue weighted by molar-refractivity contribution is 5.97. The van der Waals surface area contributed by atoms with E-state index in [1.165, 1.54) is 6.26 Å². The van der Waals surface area contributed by atoms with Crippen LogP contribution in [-0.2, 0) is 14.3 Å². The summed E-state index contributed by atoms with van der Waals surface area (Å²) in [6.45, 7) is 2.34. The molecule has 0 unspecified atom stereocenters. The summed E-state index contributed by atoms with van der Waals surface area (Å²) in [7, 11) is 0. The molecule has 1 rings (SSSR count). The predicted octanol–water partition coefficient (Wildman–Crippen LogP) is 0.449. The number of carbonyl (C=O) groups excluding carboxylic acids is 1. The van der Waals surface area contributed by atoms with Gasteiger partial charge >= 0.3 is 5.97 Å². The van der Waals surface area contributed by atoms with Crippen molar-refractivity contribution < 1.29 is 14.3 Å². The number of carbonyl (C=O) groups is 1. The Balaban J connectivity index is 2.54. The lowest BCUT2D eigenvalue weighted by atomic mass is 10.5. The van der Waals surface area contributed by atoms with Gasteiger partial charge in [-0.1, -0.05) is 0 Å². The van der Waals surface area contributed by atoms with Crippen molar-refractivity contribution in [2.45, 2.75) is 6.92 Å². The van der Waals surface area contributed by atoms with Gasteiger partial charge in [0.15, 0.2) is 12.1 Å². The van der Waals surface area contributed by atoms with Crippen molar-refractivity contribution in [2.24, 2.45) is 4.99 Å². The van der Waals surface area contributed by atoms with Crippen LogP contribution in [0.1, 0.15) is 6.92 Å². The fourth-order valence-electron chi connectivity index (χ4n) is 0.485. The highest BCUT2D eigenvalue weighted by Gasteiger charge is 2.14. The van der Waals surface area contributed by atoms with Gasteiger partial charge in [-0.15, -0.1) is 0 Å². The van der Waals surface area contributed by atoms with E-state index in [-0.39, 0.29) is 5.70 Å². The normalized spacial score (nSPS) is 19.7. The van der Waals surface area contributed by atoms with Gasteiger partial charge in [0.05, 0.1) is 6.61 Å². The summed E-state index contributed by atoms with van der Waals surface area (Å²) >= 11 is 0. The lowest BCUT2D eigenvalue weighted by Crippen LogP contribution is -1.96. The minimum absolute atomic E-state index is 0.210. The first kappa shape index (κ1) is 6.80. The first-order valence-electron chi connectivity index (χ1n) is 2.90. The summed E-state index contributed by atoms with van der Waals surface area (Å²) < 4.78 is 9.19. The molecule has 0 aromatic carbocycles. The second-order valence-corrected chi connectivity index (χ2v) is 1.60. The molecule has 1 heterocycles. The number of rotatable bonds is 2. The van der Waals surface area contributed by atoms with E-state index in [1.54, 1.807) is 0 Å². The fraction of sp³-hybridized carbons (Fsp3) is 0.333. The third-order valence-corrected chi connectivity index (χ3v) is 0.922. The number of hydrogen-bond donors (Lipinski definition) is 0. The van der Waals surface area contributed by atoms with Crippen LogP contribution >= 0.6 is 0 Å². The van der Waals surface area contributed by atoms with Crippen molar-refractivity contribution in [3.05, 3.63) is 12.0 Å². The molecule has 0 bridgehead atoms. The quantitative estimate of drug-likeness (QED) is 0.318. The van der Waals surface area contributed by atoms with Crippen LogP contribution in [0.2, 0.25) is 0 Å². The van der Waals surface area contributed by atoms with Crippen LogP contribution in [0.25, 0.3) is 0 Å². The summed E-state index contributed by atoms with van der Waals surface area (Å²) in [6.07, 6.45) is 2.37. The first-order valence-corrected chi connectivity index (χ1v) is 2.90. The molecule has 0 N–H and O–H groups in total. The lowest BCUT2D eigenvalue weighted by molar-refractivity contribution is -0.129. The summed E-state index contributed by atoms with van der Waals surface area (Å²) in [6, 6.07) is 0. The van der Waals surface area contributed by atoms with Crippen LogP contribution < -0.4 is 0 Å². The fourth-order valence-corrected chi connectivity index (χ4v) is 0.485. The summed E-state index contributed by atoms with van der Waals surface area (Å²) in [5.41, 5.74) is 0.210. The van der Waals surface area contributed by atoms with E-state index in [0.29, 0.717) is 6.61 Å². The molecule has 0 fully saturated rings. The lowest BCUT2D eigenvalue weighted by Gasteiger charge is -1.91. The molecule has 10 heavy (non-hydrogen) atoms. The van der Waals surface area contributed by atoms with Crippen molar-refractivity contribution in [1.82, 2.24) is 0 Å². The molecule has 54 valence electrons. The minimum atomic E-state index is -0.464. The number of aliphatic imine (C=N–C) groups is 1. The van der Waals surface area contributed by atoms with Crippen LogP contribution in [0.3, 0.4) is 0 Å². The molecule has 4 nitrogen and oxygen atoms in total. The Labute approximate surface area is 58.2 Å². The summed E-state index contributed by atoms with van der Waals surface area (Å²) in [5.74, 6) is -0.464. The van der Waals surface area contributed by atoms with Gasteiger partial charge in [-0.25, -0.2) is 9.79 Å². The smallest absolute Gasteiger partial charge is 0.366 e. The van der Waals surface area contributed by atoms with Gasteiger partial charge in [-0.3, -0.25) is 0 Å². The van der Waals surface area contributed by atoms with Crippen LogP contribution in [0, 0.1) is 0 Å². The van der Waals surface area contributed by atoms with Crippen molar-refractivity contribution in [1.29, 1.82) is 0 Å². The van der Waals surface area contributed by atoms with Crippen molar-refractivity contribution in [3.8, 4) is 0 Å². The van der Waals surface area contributed by atoms with Gasteiger partial charge in [0.1, 0.15) is 6.26 Å². The molecule has 0 aromatic heterocycles. The Morgan fingerprint density at radius 3 is 3.20 bits per heavy atom. The number of cyclic esters (lactones) is 1. The third-order valence-electron chi connectivity index (χ3n) is 0.922.